The maximum atomic E-state index is 10.9. The topological polar surface area (TPSA) is 89.1 Å². The van der Waals surface area contributed by atoms with Crippen molar-refractivity contribution in [2.45, 2.75) is 19.8 Å². The average Bonchev–Trinajstić information content (AvgIpc) is 2.07. The van der Waals surface area contributed by atoms with Gasteiger partial charge in [0.2, 0.25) is 5.95 Å². The number of nitrogens with two attached hydrogens (primary N) is 1. The van der Waals surface area contributed by atoms with Gasteiger partial charge < -0.3 is 10.8 Å². The predicted octanol–water partition coefficient (Wildman–Crippen LogP) is 0.883. The standard InChI is InChI=1S/C9H13N3O2/c1-5(2)7(8(13)14)6-3-11-9(10)12-4-6/h3-5,7H,1-2H3,(H,13,14)(H2,10,11,12). The maximum absolute atomic E-state index is 10.9. The second kappa shape index (κ2) is 4.04. The van der Waals surface area contributed by atoms with Crippen molar-refractivity contribution in [2.75, 3.05) is 5.73 Å². The maximum Gasteiger partial charge on any atom is 0.311 e. The van der Waals surface area contributed by atoms with Gasteiger partial charge in [-0.05, 0) is 5.92 Å². The van der Waals surface area contributed by atoms with Crippen molar-refractivity contribution >= 4 is 11.9 Å². The lowest BCUT2D eigenvalue weighted by Crippen LogP contribution is -2.18. The van der Waals surface area contributed by atoms with Crippen LogP contribution in [0.3, 0.4) is 0 Å². The molecule has 0 radical (unpaired) electrons. The smallest absolute Gasteiger partial charge is 0.311 e. The molecule has 0 fully saturated rings. The number of rotatable bonds is 3. The van der Waals surface area contributed by atoms with Gasteiger partial charge in [0.15, 0.2) is 0 Å². The molecule has 1 aromatic rings. The highest BCUT2D eigenvalue weighted by molar-refractivity contribution is 5.76. The number of carboxylic acid groups (broad SMARTS) is 1. The summed E-state index contributed by atoms with van der Waals surface area (Å²) in [6, 6.07) is 0. The minimum atomic E-state index is -0.867. The molecule has 1 aromatic heterocycles. The Morgan fingerprint density at radius 3 is 2.29 bits per heavy atom. The summed E-state index contributed by atoms with van der Waals surface area (Å²) < 4.78 is 0. The third kappa shape index (κ3) is 2.18. The lowest BCUT2D eigenvalue weighted by molar-refractivity contribution is -0.139. The van der Waals surface area contributed by atoms with Crippen LogP contribution in [-0.4, -0.2) is 21.0 Å². The quantitative estimate of drug-likeness (QED) is 0.747. The molecule has 0 aromatic carbocycles. The SMILES string of the molecule is CC(C)C(C(=O)O)c1cnc(N)nc1. The van der Waals surface area contributed by atoms with Gasteiger partial charge in [-0.25, -0.2) is 9.97 Å². The normalized spacial score (nSPS) is 12.8. The highest BCUT2D eigenvalue weighted by atomic mass is 16.4. The van der Waals surface area contributed by atoms with Gasteiger partial charge in [0, 0.05) is 18.0 Å². The van der Waals surface area contributed by atoms with E-state index in [2.05, 4.69) is 9.97 Å². The molecule has 0 aliphatic rings. The van der Waals surface area contributed by atoms with E-state index >= 15 is 0 Å². The van der Waals surface area contributed by atoms with Crippen molar-refractivity contribution in [1.29, 1.82) is 0 Å². The van der Waals surface area contributed by atoms with E-state index < -0.39 is 11.9 Å². The number of hydrogen-bond donors (Lipinski definition) is 2. The molecule has 0 saturated carbocycles. The zero-order chi connectivity index (χ0) is 10.7. The molecule has 5 nitrogen and oxygen atoms in total. The Morgan fingerprint density at radius 1 is 1.43 bits per heavy atom. The van der Waals surface area contributed by atoms with Crippen molar-refractivity contribution in [1.82, 2.24) is 9.97 Å². The van der Waals surface area contributed by atoms with Crippen LogP contribution in [0.25, 0.3) is 0 Å². The molecule has 1 atom stereocenters. The molecule has 76 valence electrons. The molecule has 0 amide bonds. The Balaban J connectivity index is 3.00. The first kappa shape index (κ1) is 10.4. The van der Waals surface area contributed by atoms with Gasteiger partial charge in [0.05, 0.1) is 5.92 Å². The van der Waals surface area contributed by atoms with Crippen LogP contribution >= 0.6 is 0 Å². The monoisotopic (exact) mass is 195 g/mol. The summed E-state index contributed by atoms with van der Waals surface area (Å²) in [4.78, 5) is 18.5. The van der Waals surface area contributed by atoms with E-state index in [0.29, 0.717) is 5.56 Å². The Bertz CT molecular complexity index is 321. The molecular formula is C9H13N3O2. The molecule has 0 aliphatic carbocycles. The van der Waals surface area contributed by atoms with Gasteiger partial charge in [-0.1, -0.05) is 13.8 Å². The predicted molar refractivity (Wildman–Crippen MR) is 51.7 cm³/mol. The van der Waals surface area contributed by atoms with Crippen LogP contribution in [0.15, 0.2) is 12.4 Å². The minimum absolute atomic E-state index is 0.000255. The molecule has 1 rings (SSSR count). The van der Waals surface area contributed by atoms with Crippen molar-refractivity contribution < 1.29 is 9.90 Å². The first-order valence-corrected chi connectivity index (χ1v) is 4.32. The Hall–Kier alpha value is -1.65. The van der Waals surface area contributed by atoms with E-state index in [9.17, 15) is 4.79 Å². The van der Waals surface area contributed by atoms with E-state index in [1.165, 1.54) is 12.4 Å². The molecule has 5 heteroatoms. The van der Waals surface area contributed by atoms with Crippen LogP contribution < -0.4 is 5.73 Å². The van der Waals surface area contributed by atoms with Gasteiger partial charge in [-0.15, -0.1) is 0 Å². The van der Waals surface area contributed by atoms with E-state index in [4.69, 9.17) is 10.8 Å². The second-order valence-electron chi connectivity index (χ2n) is 3.43. The second-order valence-corrected chi connectivity index (χ2v) is 3.43. The molecule has 1 unspecified atom stereocenters. The number of nitrogens with zero attached hydrogens (tertiary/aromatic N) is 2. The van der Waals surface area contributed by atoms with Crippen molar-refractivity contribution in [3.8, 4) is 0 Å². The molecule has 14 heavy (non-hydrogen) atoms. The summed E-state index contributed by atoms with van der Waals surface area (Å²) in [7, 11) is 0. The van der Waals surface area contributed by atoms with E-state index in [1.807, 2.05) is 13.8 Å². The van der Waals surface area contributed by atoms with Gasteiger partial charge in [-0.2, -0.15) is 0 Å². The molecular weight excluding hydrogens is 182 g/mol. The number of hydrogen-bond acceptors (Lipinski definition) is 4. The fourth-order valence-electron chi connectivity index (χ4n) is 1.32. The zero-order valence-electron chi connectivity index (χ0n) is 8.14. The number of nitrogen functional groups attached to an aromatic ring is 1. The lowest BCUT2D eigenvalue weighted by atomic mass is 9.90. The third-order valence-corrected chi connectivity index (χ3v) is 1.98. The Morgan fingerprint density at radius 2 is 1.93 bits per heavy atom. The largest absolute Gasteiger partial charge is 0.481 e. The lowest BCUT2D eigenvalue weighted by Gasteiger charge is -2.15. The number of carbonyl (C=O) groups is 1. The summed E-state index contributed by atoms with van der Waals surface area (Å²) in [5.74, 6) is -1.29. The fraction of sp³-hybridized carbons (Fsp3) is 0.444. The fourth-order valence-corrected chi connectivity index (χ4v) is 1.32. The van der Waals surface area contributed by atoms with Gasteiger partial charge in [0.25, 0.3) is 0 Å². The van der Waals surface area contributed by atoms with Crippen LogP contribution in [-0.2, 0) is 4.79 Å². The van der Waals surface area contributed by atoms with Crippen LogP contribution in [0.4, 0.5) is 5.95 Å². The summed E-state index contributed by atoms with van der Waals surface area (Å²) in [5, 5.41) is 8.98. The Labute approximate surface area is 82.0 Å². The van der Waals surface area contributed by atoms with Crippen LogP contribution in [0, 0.1) is 5.92 Å². The number of carboxylic acids is 1. The van der Waals surface area contributed by atoms with Gasteiger partial charge in [-0.3, -0.25) is 4.79 Å². The zero-order valence-corrected chi connectivity index (χ0v) is 8.14. The molecule has 3 N–H and O–H groups in total. The van der Waals surface area contributed by atoms with Gasteiger partial charge in [0.1, 0.15) is 0 Å². The van der Waals surface area contributed by atoms with E-state index in [1.54, 1.807) is 0 Å². The number of aromatic nitrogens is 2. The highest BCUT2D eigenvalue weighted by Gasteiger charge is 2.23. The molecule has 0 saturated heterocycles. The van der Waals surface area contributed by atoms with Crippen molar-refractivity contribution in [3.05, 3.63) is 18.0 Å². The third-order valence-electron chi connectivity index (χ3n) is 1.98. The first-order valence-electron chi connectivity index (χ1n) is 4.32. The van der Waals surface area contributed by atoms with Crippen LogP contribution in [0.5, 0.6) is 0 Å². The summed E-state index contributed by atoms with van der Waals surface area (Å²) in [6.45, 7) is 3.68. The van der Waals surface area contributed by atoms with Gasteiger partial charge >= 0.3 is 5.97 Å². The highest BCUT2D eigenvalue weighted by Crippen LogP contribution is 2.23. The van der Waals surface area contributed by atoms with E-state index in [0.717, 1.165) is 0 Å². The number of aliphatic carboxylic acids is 1. The summed E-state index contributed by atoms with van der Waals surface area (Å²) >= 11 is 0. The molecule has 0 aliphatic heterocycles. The molecule has 0 spiro atoms. The van der Waals surface area contributed by atoms with Crippen LogP contribution in [0.2, 0.25) is 0 Å². The van der Waals surface area contributed by atoms with E-state index in [-0.39, 0.29) is 11.9 Å². The number of anilines is 1. The molecule has 0 bridgehead atoms. The summed E-state index contributed by atoms with van der Waals surface area (Å²) in [5.41, 5.74) is 5.89. The average molecular weight is 195 g/mol. The summed E-state index contributed by atoms with van der Waals surface area (Å²) in [6.07, 6.45) is 2.92. The van der Waals surface area contributed by atoms with Crippen molar-refractivity contribution in [2.24, 2.45) is 5.92 Å². The Kier molecular flexibility index (Phi) is 3.01. The minimum Gasteiger partial charge on any atom is -0.481 e. The van der Waals surface area contributed by atoms with Crippen molar-refractivity contribution in [3.63, 3.8) is 0 Å². The molecule has 1 heterocycles. The first-order chi connectivity index (χ1) is 6.52. The van der Waals surface area contributed by atoms with Crippen LogP contribution in [0.1, 0.15) is 25.3 Å².